The number of rotatable bonds is 5. The molecule has 2 heterocycles. The first-order valence-corrected chi connectivity index (χ1v) is 10.6. The molecule has 5 heteroatoms. The molecule has 2 unspecified atom stereocenters. The second-order valence-corrected chi connectivity index (χ2v) is 8.44. The van der Waals surface area contributed by atoms with Crippen LogP contribution in [0, 0.1) is 13.8 Å². The summed E-state index contributed by atoms with van der Waals surface area (Å²) in [6.45, 7) is 5.03. The molecule has 2 aromatic rings. The van der Waals surface area contributed by atoms with E-state index in [0.717, 1.165) is 42.0 Å². The zero-order valence-electron chi connectivity index (χ0n) is 17.6. The molecule has 0 spiro atoms. The SMILES string of the molecule is COc1ccc(CN2C3CCC2CC(NC(=O)Nc2c(C)cccc2C)C3)cc1. The minimum Gasteiger partial charge on any atom is -0.497 e. The number of benzene rings is 2. The molecule has 0 radical (unpaired) electrons. The lowest BCUT2D eigenvalue weighted by Gasteiger charge is -2.39. The van der Waals surface area contributed by atoms with E-state index < -0.39 is 0 Å². The summed E-state index contributed by atoms with van der Waals surface area (Å²) in [5.41, 5.74) is 4.43. The Labute approximate surface area is 173 Å². The number of carbonyl (C=O) groups is 1. The van der Waals surface area contributed by atoms with E-state index in [9.17, 15) is 4.79 Å². The smallest absolute Gasteiger partial charge is 0.319 e. The molecule has 2 atom stereocenters. The lowest BCUT2D eigenvalue weighted by molar-refractivity contribution is 0.112. The number of urea groups is 1. The van der Waals surface area contributed by atoms with Crippen molar-refractivity contribution in [2.75, 3.05) is 12.4 Å². The van der Waals surface area contributed by atoms with E-state index in [0.29, 0.717) is 12.1 Å². The van der Waals surface area contributed by atoms with Gasteiger partial charge < -0.3 is 15.4 Å². The van der Waals surface area contributed by atoms with Crippen LogP contribution < -0.4 is 15.4 Å². The summed E-state index contributed by atoms with van der Waals surface area (Å²) in [5.74, 6) is 0.898. The van der Waals surface area contributed by atoms with Gasteiger partial charge in [0.05, 0.1) is 7.11 Å². The molecule has 2 aliphatic rings. The van der Waals surface area contributed by atoms with Crippen molar-refractivity contribution in [1.29, 1.82) is 0 Å². The summed E-state index contributed by atoms with van der Waals surface area (Å²) in [6.07, 6.45) is 4.48. The Kier molecular flexibility index (Phi) is 5.76. The number of fused-ring (bicyclic) bond motifs is 2. The highest BCUT2D eigenvalue weighted by Crippen LogP contribution is 2.37. The number of carbonyl (C=O) groups excluding carboxylic acids is 1. The van der Waals surface area contributed by atoms with E-state index in [1.807, 2.05) is 44.2 Å². The van der Waals surface area contributed by atoms with Crippen molar-refractivity contribution in [2.24, 2.45) is 0 Å². The van der Waals surface area contributed by atoms with Gasteiger partial charge in [-0.3, -0.25) is 4.90 Å². The Balaban J connectivity index is 1.34. The summed E-state index contributed by atoms with van der Waals surface area (Å²) < 4.78 is 5.26. The van der Waals surface area contributed by atoms with Gasteiger partial charge in [0, 0.05) is 30.4 Å². The van der Waals surface area contributed by atoms with Crippen molar-refractivity contribution in [3.05, 3.63) is 59.2 Å². The molecule has 2 N–H and O–H groups in total. The predicted molar refractivity (Wildman–Crippen MR) is 116 cm³/mol. The summed E-state index contributed by atoms with van der Waals surface area (Å²) in [5, 5.41) is 6.29. The number of amides is 2. The van der Waals surface area contributed by atoms with Crippen LogP contribution >= 0.6 is 0 Å². The number of methoxy groups -OCH3 is 1. The van der Waals surface area contributed by atoms with Gasteiger partial charge in [-0.1, -0.05) is 30.3 Å². The monoisotopic (exact) mass is 393 g/mol. The Morgan fingerprint density at radius 2 is 1.66 bits per heavy atom. The van der Waals surface area contributed by atoms with Crippen molar-refractivity contribution in [2.45, 2.75) is 64.2 Å². The van der Waals surface area contributed by atoms with Crippen molar-refractivity contribution in [3.8, 4) is 5.75 Å². The summed E-state index contributed by atoms with van der Waals surface area (Å²) >= 11 is 0. The van der Waals surface area contributed by atoms with Crippen LogP contribution in [0.4, 0.5) is 10.5 Å². The molecule has 29 heavy (non-hydrogen) atoms. The van der Waals surface area contributed by atoms with E-state index in [1.165, 1.54) is 18.4 Å². The zero-order valence-corrected chi connectivity index (χ0v) is 17.6. The number of anilines is 1. The van der Waals surface area contributed by atoms with Crippen LogP contribution in [-0.4, -0.2) is 36.2 Å². The number of para-hydroxylation sites is 1. The van der Waals surface area contributed by atoms with Gasteiger partial charge in [0.15, 0.2) is 0 Å². The number of aryl methyl sites for hydroxylation is 2. The number of ether oxygens (including phenoxy) is 1. The molecule has 4 rings (SSSR count). The highest BCUT2D eigenvalue weighted by molar-refractivity contribution is 5.91. The van der Waals surface area contributed by atoms with Gasteiger partial charge in [0.2, 0.25) is 0 Å². The van der Waals surface area contributed by atoms with E-state index in [1.54, 1.807) is 7.11 Å². The van der Waals surface area contributed by atoms with Crippen molar-refractivity contribution < 1.29 is 9.53 Å². The fourth-order valence-corrected chi connectivity index (χ4v) is 4.94. The standard InChI is InChI=1S/C24H31N3O2/c1-16-5-4-6-17(2)23(16)26-24(28)25-19-13-20-9-10-21(14-19)27(20)15-18-7-11-22(29-3)12-8-18/h4-8,11-12,19-21H,9-10,13-15H2,1-3H3,(H2,25,26,28). The van der Waals surface area contributed by atoms with Crippen LogP contribution in [-0.2, 0) is 6.54 Å². The zero-order chi connectivity index (χ0) is 20.4. The third kappa shape index (κ3) is 4.40. The van der Waals surface area contributed by atoms with Crippen LogP contribution in [0.25, 0.3) is 0 Å². The fraction of sp³-hybridized carbons (Fsp3) is 0.458. The largest absolute Gasteiger partial charge is 0.497 e. The Morgan fingerprint density at radius 1 is 1.03 bits per heavy atom. The Hall–Kier alpha value is -2.53. The topological polar surface area (TPSA) is 53.6 Å². The Morgan fingerprint density at radius 3 is 2.24 bits per heavy atom. The highest BCUT2D eigenvalue weighted by Gasteiger charge is 2.40. The second kappa shape index (κ2) is 8.46. The quantitative estimate of drug-likeness (QED) is 0.779. The van der Waals surface area contributed by atoms with Crippen molar-refractivity contribution in [1.82, 2.24) is 10.2 Å². The molecule has 2 fully saturated rings. The first kappa shape index (κ1) is 19.8. The van der Waals surface area contributed by atoms with Gasteiger partial charge in [-0.15, -0.1) is 0 Å². The maximum absolute atomic E-state index is 12.6. The second-order valence-electron chi connectivity index (χ2n) is 8.44. The van der Waals surface area contributed by atoms with Crippen LogP contribution in [0.1, 0.15) is 42.4 Å². The van der Waals surface area contributed by atoms with Gasteiger partial charge in [0.1, 0.15) is 5.75 Å². The van der Waals surface area contributed by atoms with Crippen LogP contribution in [0.15, 0.2) is 42.5 Å². The van der Waals surface area contributed by atoms with E-state index in [2.05, 4.69) is 27.7 Å². The van der Waals surface area contributed by atoms with Gasteiger partial charge >= 0.3 is 6.03 Å². The molecule has 2 aromatic carbocycles. The first-order chi connectivity index (χ1) is 14.0. The van der Waals surface area contributed by atoms with Crippen molar-refractivity contribution >= 4 is 11.7 Å². The van der Waals surface area contributed by atoms with Crippen LogP contribution in [0.5, 0.6) is 5.75 Å². The average Bonchev–Trinajstić information content (AvgIpc) is 2.94. The Bertz CT molecular complexity index is 831. The van der Waals surface area contributed by atoms with Crippen LogP contribution in [0.3, 0.4) is 0 Å². The third-order valence-electron chi connectivity index (χ3n) is 6.46. The fourth-order valence-electron chi connectivity index (χ4n) is 4.94. The summed E-state index contributed by atoms with van der Waals surface area (Å²) in [6, 6.07) is 15.7. The molecule has 0 saturated carbocycles. The maximum Gasteiger partial charge on any atom is 0.319 e. The lowest BCUT2D eigenvalue weighted by Crippen LogP contribution is -2.50. The van der Waals surface area contributed by atoms with Crippen LogP contribution in [0.2, 0.25) is 0 Å². The molecule has 0 aliphatic carbocycles. The van der Waals surface area contributed by atoms with E-state index >= 15 is 0 Å². The molecule has 2 saturated heterocycles. The number of nitrogens with one attached hydrogen (secondary N) is 2. The number of hydrogen-bond donors (Lipinski definition) is 2. The minimum absolute atomic E-state index is 0.0876. The molecular weight excluding hydrogens is 362 g/mol. The molecule has 2 amide bonds. The minimum atomic E-state index is -0.0876. The maximum atomic E-state index is 12.6. The predicted octanol–water partition coefficient (Wildman–Crippen LogP) is 4.63. The number of nitrogens with zero attached hydrogens (tertiary/aromatic N) is 1. The average molecular weight is 394 g/mol. The number of piperidine rings is 1. The van der Waals surface area contributed by atoms with E-state index in [-0.39, 0.29) is 12.1 Å². The van der Waals surface area contributed by atoms with Gasteiger partial charge in [-0.2, -0.15) is 0 Å². The van der Waals surface area contributed by atoms with Gasteiger partial charge in [-0.05, 0) is 68.4 Å². The lowest BCUT2D eigenvalue weighted by atomic mass is 9.96. The normalized spacial score (nSPS) is 23.6. The molecule has 2 bridgehead atoms. The molecule has 0 aromatic heterocycles. The first-order valence-electron chi connectivity index (χ1n) is 10.6. The molecular formula is C24H31N3O2. The molecule has 5 nitrogen and oxygen atoms in total. The van der Waals surface area contributed by atoms with Gasteiger partial charge in [-0.25, -0.2) is 4.79 Å². The van der Waals surface area contributed by atoms with Crippen molar-refractivity contribution in [3.63, 3.8) is 0 Å². The third-order valence-corrected chi connectivity index (χ3v) is 6.46. The van der Waals surface area contributed by atoms with E-state index in [4.69, 9.17) is 4.74 Å². The summed E-state index contributed by atoms with van der Waals surface area (Å²) in [4.78, 5) is 15.2. The van der Waals surface area contributed by atoms with Gasteiger partial charge in [0.25, 0.3) is 0 Å². The number of hydrogen-bond acceptors (Lipinski definition) is 3. The summed E-state index contributed by atoms with van der Waals surface area (Å²) in [7, 11) is 1.70. The highest BCUT2D eigenvalue weighted by atomic mass is 16.5. The molecule has 154 valence electrons. The molecule has 2 aliphatic heterocycles.